The van der Waals surface area contributed by atoms with Crippen molar-refractivity contribution in [2.75, 3.05) is 0 Å². The highest BCUT2D eigenvalue weighted by Crippen LogP contribution is 2.61. The fourth-order valence-electron chi connectivity index (χ4n) is 12.9. The Bertz CT molecular complexity index is 2090. The van der Waals surface area contributed by atoms with Gasteiger partial charge in [0.15, 0.2) is 0 Å². The average molecular weight is 955 g/mol. The maximum atomic E-state index is 6.83. The predicted octanol–water partition coefficient (Wildman–Crippen LogP) is 17.8. The Morgan fingerprint density at radius 3 is 0.971 bits per heavy atom. The molecule has 2 heterocycles. The minimum atomic E-state index is -0.397. The second-order valence-electron chi connectivity index (χ2n) is 25.0. The van der Waals surface area contributed by atoms with Crippen LogP contribution >= 0.6 is 0 Å². The summed E-state index contributed by atoms with van der Waals surface area (Å²) in [5.74, 6) is 0. The molecular weight excluding hydrogens is 854 g/mol. The number of hydrogen-bond acceptors (Lipinski definition) is 4. The Balaban J connectivity index is 1.41. The van der Waals surface area contributed by atoms with E-state index in [1.165, 1.54) is 213 Å². The molecule has 0 atom stereocenters. The van der Waals surface area contributed by atoms with Crippen molar-refractivity contribution in [1.82, 2.24) is 0 Å². The number of rotatable bonds is 30. The van der Waals surface area contributed by atoms with Crippen molar-refractivity contribution in [2.24, 2.45) is 0 Å². The molecule has 2 aliphatic heterocycles. The van der Waals surface area contributed by atoms with Crippen LogP contribution in [0.15, 0.2) is 48.5 Å². The van der Waals surface area contributed by atoms with Gasteiger partial charge in [-0.15, -0.1) is 0 Å². The summed E-state index contributed by atoms with van der Waals surface area (Å²) in [6, 6.07) is 20.4. The first-order valence-electron chi connectivity index (χ1n) is 29.7. The zero-order valence-electron chi connectivity index (χ0n) is 47.2. The van der Waals surface area contributed by atoms with Crippen molar-refractivity contribution in [3.63, 3.8) is 0 Å². The minimum absolute atomic E-state index is 0.0315. The van der Waals surface area contributed by atoms with Crippen LogP contribution < -0.4 is 10.9 Å². The highest BCUT2D eigenvalue weighted by Gasteiger charge is 2.55. The van der Waals surface area contributed by atoms with Gasteiger partial charge in [0, 0.05) is 10.8 Å². The second kappa shape index (κ2) is 23.9. The van der Waals surface area contributed by atoms with Gasteiger partial charge in [0.1, 0.15) is 0 Å². The Hall–Kier alpha value is -2.37. The molecule has 2 aliphatic carbocycles. The third kappa shape index (κ3) is 11.6. The number of unbranched alkanes of at least 4 members (excludes halogenated alkanes) is 20. The fraction of sp³-hybridized carbons (Fsp3) is 0.719. The molecule has 0 amide bonds. The number of benzene rings is 3. The van der Waals surface area contributed by atoms with Gasteiger partial charge in [-0.25, -0.2) is 0 Å². The highest BCUT2D eigenvalue weighted by molar-refractivity contribution is 6.62. The molecule has 4 nitrogen and oxygen atoms in total. The standard InChI is InChI=1S/C64H100B2O4/c1-13-17-21-25-29-33-41-63(42-34-30-26-22-18-14-2)55-40-38-49(65-67-59(5,6)60(7,8)68-65)45-52(55)54-48-57-53(47-58(54)63)51-39-37-50(66-69-61(9,10)62(11,12)70-66)46-56(51)64(57,43-35-31-27-23-19-15-3)44-36-32-28-24-20-16-4/h37-40,45-48H,13-36,41-44H2,1-12H3. The van der Waals surface area contributed by atoms with Crippen molar-refractivity contribution in [3.05, 3.63) is 70.8 Å². The molecule has 2 saturated heterocycles. The zero-order valence-corrected chi connectivity index (χ0v) is 47.2. The van der Waals surface area contributed by atoms with Crippen LogP contribution in [0.3, 0.4) is 0 Å². The third-order valence-corrected chi connectivity index (χ3v) is 18.8. The van der Waals surface area contributed by atoms with Gasteiger partial charge in [-0.1, -0.05) is 218 Å². The highest BCUT2D eigenvalue weighted by atomic mass is 16.7. The van der Waals surface area contributed by atoms with E-state index in [0.29, 0.717) is 0 Å². The predicted molar refractivity (Wildman–Crippen MR) is 302 cm³/mol. The van der Waals surface area contributed by atoms with Gasteiger partial charge in [-0.2, -0.15) is 0 Å². The van der Waals surface area contributed by atoms with Gasteiger partial charge in [0.2, 0.25) is 0 Å². The molecule has 0 aromatic heterocycles. The Kier molecular flexibility index (Phi) is 18.9. The molecule has 4 aliphatic rings. The summed E-state index contributed by atoms with van der Waals surface area (Å²) in [5.41, 5.74) is 12.8. The molecule has 0 radical (unpaired) electrons. The zero-order chi connectivity index (χ0) is 50.2. The molecule has 0 saturated carbocycles. The van der Waals surface area contributed by atoms with Gasteiger partial charge in [-0.3, -0.25) is 0 Å². The second-order valence-corrected chi connectivity index (χ2v) is 25.0. The summed E-state index contributed by atoms with van der Waals surface area (Å²) >= 11 is 0. The molecule has 6 heteroatoms. The van der Waals surface area contributed by atoms with Crippen LogP contribution in [0.5, 0.6) is 0 Å². The van der Waals surface area contributed by atoms with E-state index in [1.807, 2.05) is 0 Å². The van der Waals surface area contributed by atoms with Crippen molar-refractivity contribution in [3.8, 4) is 22.3 Å². The van der Waals surface area contributed by atoms with Gasteiger partial charge >= 0.3 is 14.2 Å². The van der Waals surface area contributed by atoms with Gasteiger partial charge < -0.3 is 18.6 Å². The SMILES string of the molecule is CCCCCCCCC1(CCCCCCCC)c2ccc(B3OC(C)(C)C(C)(C)O3)cc2-c2cc3c(cc21)-c1ccc(B2OC(C)(C)C(C)(C)O2)cc1C3(CCCCCCCC)CCCCCCCC. The Morgan fingerprint density at radius 1 is 0.300 bits per heavy atom. The maximum Gasteiger partial charge on any atom is 0.494 e. The smallest absolute Gasteiger partial charge is 0.399 e. The molecular formula is C64H100B2O4. The van der Waals surface area contributed by atoms with Crippen LogP contribution in [0.25, 0.3) is 22.3 Å². The summed E-state index contributed by atoms with van der Waals surface area (Å²) in [5, 5.41) is 0. The Labute approximate surface area is 431 Å². The quantitative estimate of drug-likeness (QED) is 0.0493. The summed E-state index contributed by atoms with van der Waals surface area (Å²) in [7, 11) is -0.773. The third-order valence-electron chi connectivity index (χ3n) is 18.8. The van der Waals surface area contributed by atoms with E-state index in [4.69, 9.17) is 18.6 Å². The van der Waals surface area contributed by atoms with Gasteiger partial charge in [0.05, 0.1) is 22.4 Å². The maximum absolute atomic E-state index is 6.83. The van der Waals surface area contributed by atoms with E-state index in [-0.39, 0.29) is 17.9 Å². The first-order chi connectivity index (χ1) is 33.5. The van der Waals surface area contributed by atoms with Crippen molar-refractivity contribution >= 4 is 25.2 Å². The van der Waals surface area contributed by atoms with Crippen LogP contribution in [-0.4, -0.2) is 36.6 Å². The van der Waals surface area contributed by atoms with Crippen LogP contribution in [-0.2, 0) is 29.4 Å². The monoisotopic (exact) mass is 955 g/mol. The van der Waals surface area contributed by atoms with Crippen LogP contribution in [0.4, 0.5) is 0 Å². The summed E-state index contributed by atoms with van der Waals surface area (Å²) in [6.07, 6.45) is 36.2. The van der Waals surface area contributed by atoms with E-state index >= 15 is 0 Å². The molecule has 0 N–H and O–H groups in total. The lowest BCUT2D eigenvalue weighted by molar-refractivity contribution is 0.00578. The summed E-state index contributed by atoms with van der Waals surface area (Å²) < 4.78 is 27.3. The first kappa shape index (κ1) is 55.4. The molecule has 2 fully saturated rings. The molecule has 0 unspecified atom stereocenters. The van der Waals surface area contributed by atoms with Crippen LogP contribution in [0.2, 0.25) is 0 Å². The normalized spacial score (nSPS) is 19.4. The first-order valence-corrected chi connectivity index (χ1v) is 29.7. The van der Waals surface area contributed by atoms with E-state index in [0.717, 1.165) is 5.46 Å². The molecule has 70 heavy (non-hydrogen) atoms. The summed E-state index contributed by atoms with van der Waals surface area (Å²) in [6.45, 7) is 26.9. The molecule has 386 valence electrons. The van der Waals surface area contributed by atoms with E-state index in [2.05, 4.69) is 132 Å². The lowest BCUT2D eigenvalue weighted by Gasteiger charge is -2.35. The largest absolute Gasteiger partial charge is 0.494 e. The minimum Gasteiger partial charge on any atom is -0.399 e. The molecule has 0 bridgehead atoms. The van der Waals surface area contributed by atoms with Crippen molar-refractivity contribution in [2.45, 2.75) is 296 Å². The van der Waals surface area contributed by atoms with E-state index in [9.17, 15) is 0 Å². The van der Waals surface area contributed by atoms with Gasteiger partial charge in [0.25, 0.3) is 0 Å². The molecule has 0 spiro atoms. The van der Waals surface area contributed by atoms with Crippen molar-refractivity contribution < 1.29 is 18.6 Å². The average Bonchev–Trinajstić information content (AvgIpc) is 3.92. The topological polar surface area (TPSA) is 36.9 Å². The number of hydrogen-bond donors (Lipinski definition) is 0. The Morgan fingerprint density at radius 2 is 0.586 bits per heavy atom. The summed E-state index contributed by atoms with van der Waals surface area (Å²) in [4.78, 5) is 0. The molecule has 3 aromatic rings. The van der Waals surface area contributed by atoms with Crippen LogP contribution in [0.1, 0.15) is 285 Å². The molecule has 7 rings (SSSR count). The van der Waals surface area contributed by atoms with Gasteiger partial charge in [-0.05, 0) is 149 Å². The lowest BCUT2D eigenvalue weighted by atomic mass is 9.67. The van der Waals surface area contributed by atoms with E-state index < -0.39 is 29.5 Å². The van der Waals surface area contributed by atoms with Crippen molar-refractivity contribution in [1.29, 1.82) is 0 Å². The fourth-order valence-corrected chi connectivity index (χ4v) is 12.9. The molecule has 3 aromatic carbocycles. The van der Waals surface area contributed by atoms with E-state index in [1.54, 1.807) is 16.7 Å². The number of fused-ring (bicyclic) bond motifs is 6. The van der Waals surface area contributed by atoms with Crippen LogP contribution in [0, 0.1) is 0 Å². The lowest BCUT2D eigenvalue weighted by Crippen LogP contribution is -2.41.